The predicted octanol–water partition coefficient (Wildman–Crippen LogP) is 0.904. The van der Waals surface area contributed by atoms with E-state index in [1.807, 2.05) is 25.1 Å². The number of hydrogen-bond donors (Lipinski definition) is 0. The van der Waals surface area contributed by atoms with Crippen molar-refractivity contribution in [3.63, 3.8) is 0 Å². The molecule has 7 nitrogen and oxygen atoms in total. The number of hydrogen-bond acceptors (Lipinski definition) is 6. The van der Waals surface area contributed by atoms with E-state index in [-0.39, 0.29) is 30.1 Å². The standard InChI is InChI=1S/C18H25N3O4S/c1-20(2)9-5-10-21(16-8-11-26(23,24)14-16)18(22)13-25-17-7-4-3-6-15(17)12-19/h3-4,6-7,16H,5,8-11,13-14H2,1-2H3. The van der Waals surface area contributed by atoms with E-state index in [1.165, 1.54) is 0 Å². The van der Waals surface area contributed by atoms with Crippen LogP contribution in [0.1, 0.15) is 18.4 Å². The SMILES string of the molecule is CN(C)CCCN(C(=O)COc1ccccc1C#N)C1CCS(=O)(=O)C1. The van der Waals surface area contributed by atoms with E-state index >= 15 is 0 Å². The number of amides is 1. The number of rotatable bonds is 8. The summed E-state index contributed by atoms with van der Waals surface area (Å²) in [5.74, 6) is 0.233. The topological polar surface area (TPSA) is 90.7 Å². The fraction of sp³-hybridized carbons (Fsp3) is 0.556. The van der Waals surface area contributed by atoms with Crippen molar-refractivity contribution in [1.29, 1.82) is 5.26 Å². The van der Waals surface area contributed by atoms with Crippen molar-refractivity contribution in [2.45, 2.75) is 18.9 Å². The molecule has 0 spiro atoms. The number of para-hydroxylation sites is 1. The zero-order valence-corrected chi connectivity index (χ0v) is 16.0. The van der Waals surface area contributed by atoms with Crippen LogP contribution in [0.5, 0.6) is 5.75 Å². The molecule has 1 aliphatic rings. The van der Waals surface area contributed by atoms with Gasteiger partial charge in [0.15, 0.2) is 16.4 Å². The van der Waals surface area contributed by atoms with Crippen molar-refractivity contribution in [3.8, 4) is 11.8 Å². The molecule has 1 aromatic carbocycles. The summed E-state index contributed by atoms with van der Waals surface area (Å²) in [5.41, 5.74) is 0.364. The Morgan fingerprint density at radius 1 is 1.31 bits per heavy atom. The van der Waals surface area contributed by atoms with E-state index in [1.54, 1.807) is 29.2 Å². The molecule has 1 atom stereocenters. The molecule has 1 heterocycles. The van der Waals surface area contributed by atoms with E-state index in [0.717, 1.165) is 13.0 Å². The fourth-order valence-corrected chi connectivity index (χ4v) is 4.73. The molecule has 26 heavy (non-hydrogen) atoms. The number of carbonyl (C=O) groups is 1. The van der Waals surface area contributed by atoms with Crippen LogP contribution in [-0.2, 0) is 14.6 Å². The average Bonchev–Trinajstić information content (AvgIpc) is 2.96. The zero-order chi connectivity index (χ0) is 19.2. The molecule has 0 saturated carbocycles. The third kappa shape index (κ3) is 5.71. The summed E-state index contributed by atoms with van der Waals surface area (Å²) in [6.45, 7) is 1.08. The fourth-order valence-electron chi connectivity index (χ4n) is 3.00. The molecule has 1 amide bonds. The molecule has 1 aromatic rings. The van der Waals surface area contributed by atoms with Gasteiger partial charge in [-0.2, -0.15) is 5.26 Å². The van der Waals surface area contributed by atoms with Gasteiger partial charge in [0.2, 0.25) is 0 Å². The lowest BCUT2D eigenvalue weighted by Crippen LogP contribution is -2.44. The van der Waals surface area contributed by atoms with Crippen LogP contribution in [-0.4, -0.2) is 75.5 Å². The van der Waals surface area contributed by atoms with Crippen LogP contribution in [0.15, 0.2) is 24.3 Å². The second kappa shape index (κ2) is 9.01. The molecule has 0 N–H and O–H groups in total. The van der Waals surface area contributed by atoms with Gasteiger partial charge in [0.05, 0.1) is 17.1 Å². The minimum atomic E-state index is -3.08. The molecule has 1 unspecified atom stereocenters. The molecule has 0 aromatic heterocycles. The summed E-state index contributed by atoms with van der Waals surface area (Å²) in [4.78, 5) is 16.3. The lowest BCUT2D eigenvalue weighted by Gasteiger charge is -2.29. The van der Waals surface area contributed by atoms with Crippen LogP contribution < -0.4 is 4.74 Å². The van der Waals surface area contributed by atoms with Crippen LogP contribution >= 0.6 is 0 Å². The largest absolute Gasteiger partial charge is 0.482 e. The molecule has 1 aliphatic heterocycles. The third-order valence-electron chi connectivity index (χ3n) is 4.33. The van der Waals surface area contributed by atoms with E-state index in [2.05, 4.69) is 0 Å². The van der Waals surface area contributed by atoms with Gasteiger partial charge < -0.3 is 14.5 Å². The number of nitrogens with zero attached hydrogens (tertiary/aromatic N) is 3. The van der Waals surface area contributed by atoms with Crippen LogP contribution in [0, 0.1) is 11.3 Å². The number of nitriles is 1. The first-order chi connectivity index (χ1) is 12.3. The van der Waals surface area contributed by atoms with Crippen LogP contribution in [0.2, 0.25) is 0 Å². The minimum absolute atomic E-state index is 0.00941. The summed E-state index contributed by atoms with van der Waals surface area (Å²) >= 11 is 0. The van der Waals surface area contributed by atoms with Gasteiger partial charge in [0.1, 0.15) is 11.8 Å². The Kier molecular flexibility index (Phi) is 7.00. The highest BCUT2D eigenvalue weighted by Gasteiger charge is 2.34. The summed E-state index contributed by atoms with van der Waals surface area (Å²) in [5, 5.41) is 9.09. The van der Waals surface area contributed by atoms with Crippen molar-refractivity contribution in [1.82, 2.24) is 9.80 Å². The van der Waals surface area contributed by atoms with E-state index in [9.17, 15) is 13.2 Å². The van der Waals surface area contributed by atoms with Crippen LogP contribution in [0.3, 0.4) is 0 Å². The molecular formula is C18H25N3O4S. The maximum atomic E-state index is 12.7. The van der Waals surface area contributed by atoms with Crippen LogP contribution in [0.25, 0.3) is 0 Å². The Morgan fingerprint density at radius 2 is 2.04 bits per heavy atom. The lowest BCUT2D eigenvalue weighted by atomic mass is 10.2. The molecule has 2 rings (SSSR count). The number of ether oxygens (including phenoxy) is 1. The van der Waals surface area contributed by atoms with Crippen LogP contribution in [0.4, 0.5) is 0 Å². The first-order valence-corrected chi connectivity index (χ1v) is 10.4. The average molecular weight is 379 g/mol. The number of carbonyl (C=O) groups excluding carboxylic acids is 1. The number of sulfone groups is 1. The van der Waals surface area contributed by atoms with Crippen molar-refractivity contribution in [2.24, 2.45) is 0 Å². The normalized spacial score (nSPS) is 18.5. The predicted molar refractivity (Wildman–Crippen MR) is 98.6 cm³/mol. The van der Waals surface area contributed by atoms with Gasteiger partial charge in [-0.1, -0.05) is 12.1 Å². The Bertz CT molecular complexity index is 771. The number of benzene rings is 1. The van der Waals surface area contributed by atoms with Gasteiger partial charge in [-0.3, -0.25) is 4.79 Å². The Hall–Kier alpha value is -2.11. The molecule has 0 bridgehead atoms. The second-order valence-electron chi connectivity index (χ2n) is 6.70. The molecule has 1 fully saturated rings. The van der Waals surface area contributed by atoms with E-state index in [0.29, 0.717) is 24.3 Å². The summed E-state index contributed by atoms with van der Waals surface area (Å²) < 4.78 is 29.1. The Balaban J connectivity index is 2.03. The quantitative estimate of drug-likeness (QED) is 0.667. The van der Waals surface area contributed by atoms with E-state index < -0.39 is 9.84 Å². The Labute approximate surface area is 155 Å². The second-order valence-corrected chi connectivity index (χ2v) is 8.93. The van der Waals surface area contributed by atoms with Gasteiger partial charge in [0.25, 0.3) is 5.91 Å². The maximum Gasteiger partial charge on any atom is 0.260 e. The maximum absolute atomic E-state index is 12.7. The first kappa shape index (κ1) is 20.2. The molecule has 142 valence electrons. The van der Waals surface area contributed by atoms with Gasteiger partial charge in [-0.15, -0.1) is 0 Å². The van der Waals surface area contributed by atoms with Crippen molar-refractivity contribution in [2.75, 3.05) is 45.3 Å². The summed E-state index contributed by atoms with van der Waals surface area (Å²) in [6.07, 6.45) is 1.22. The highest BCUT2D eigenvalue weighted by molar-refractivity contribution is 7.91. The third-order valence-corrected chi connectivity index (χ3v) is 6.08. The van der Waals surface area contributed by atoms with E-state index in [4.69, 9.17) is 10.00 Å². The van der Waals surface area contributed by atoms with Gasteiger partial charge in [-0.05, 0) is 45.6 Å². The van der Waals surface area contributed by atoms with Gasteiger partial charge in [-0.25, -0.2) is 8.42 Å². The molecule has 0 aliphatic carbocycles. The molecular weight excluding hydrogens is 354 g/mol. The molecule has 0 radical (unpaired) electrons. The van der Waals surface area contributed by atoms with Crippen molar-refractivity contribution in [3.05, 3.63) is 29.8 Å². The monoisotopic (exact) mass is 379 g/mol. The minimum Gasteiger partial charge on any atom is -0.482 e. The first-order valence-electron chi connectivity index (χ1n) is 8.59. The summed E-state index contributed by atoms with van der Waals surface area (Å²) in [6, 6.07) is 8.45. The summed E-state index contributed by atoms with van der Waals surface area (Å²) in [7, 11) is 0.824. The molecule has 1 saturated heterocycles. The Morgan fingerprint density at radius 3 is 2.65 bits per heavy atom. The zero-order valence-electron chi connectivity index (χ0n) is 15.2. The van der Waals surface area contributed by atoms with Crippen molar-refractivity contribution < 1.29 is 17.9 Å². The van der Waals surface area contributed by atoms with Crippen molar-refractivity contribution >= 4 is 15.7 Å². The molecule has 8 heteroatoms. The van der Waals surface area contributed by atoms with Gasteiger partial charge >= 0.3 is 0 Å². The lowest BCUT2D eigenvalue weighted by molar-refractivity contribution is -0.135. The highest BCUT2D eigenvalue weighted by Crippen LogP contribution is 2.20. The smallest absolute Gasteiger partial charge is 0.260 e. The van der Waals surface area contributed by atoms with Gasteiger partial charge in [0, 0.05) is 12.6 Å². The highest BCUT2D eigenvalue weighted by atomic mass is 32.2.